The Hall–Kier alpha value is -1.85. The first kappa shape index (κ1) is 17.0. The first-order valence-electron chi connectivity index (χ1n) is 8.58. The van der Waals surface area contributed by atoms with Crippen molar-refractivity contribution in [3.8, 4) is 16.9 Å². The van der Waals surface area contributed by atoms with Gasteiger partial charge in [0, 0.05) is 10.9 Å². The van der Waals surface area contributed by atoms with Crippen LogP contribution in [0.5, 0.6) is 5.75 Å². The molecule has 0 bridgehead atoms. The van der Waals surface area contributed by atoms with E-state index in [1.165, 1.54) is 10.8 Å². The van der Waals surface area contributed by atoms with E-state index in [0.29, 0.717) is 17.1 Å². The summed E-state index contributed by atoms with van der Waals surface area (Å²) in [6, 6.07) is 21.0. The highest BCUT2D eigenvalue weighted by Gasteiger charge is 2.23. The van der Waals surface area contributed by atoms with Gasteiger partial charge in [0.15, 0.2) is 0 Å². The summed E-state index contributed by atoms with van der Waals surface area (Å²) >= 11 is 0. The number of hydrogen-bond acceptors (Lipinski definition) is 1. The van der Waals surface area contributed by atoms with Crippen LogP contribution in [-0.2, 0) is 0 Å². The summed E-state index contributed by atoms with van der Waals surface area (Å²) < 4.78 is 0. The first-order valence-corrected chi connectivity index (χ1v) is 10.1. The maximum Gasteiger partial charge on any atom is 0.131 e. The molecule has 1 nitrogen and oxygen atoms in total. The highest BCUT2D eigenvalue weighted by atomic mass is 31.1. The van der Waals surface area contributed by atoms with E-state index in [2.05, 4.69) is 82.3 Å². The average molecular weight is 336 g/mol. The Morgan fingerprint density at radius 3 is 2.08 bits per heavy atom. The zero-order valence-electron chi connectivity index (χ0n) is 14.8. The van der Waals surface area contributed by atoms with E-state index < -0.39 is 0 Å². The quantitative estimate of drug-likeness (QED) is 0.568. The molecule has 124 valence electrons. The van der Waals surface area contributed by atoms with Gasteiger partial charge in [-0.2, -0.15) is 0 Å². The lowest BCUT2D eigenvalue weighted by Gasteiger charge is -2.27. The van der Waals surface area contributed by atoms with E-state index in [1.807, 2.05) is 6.07 Å². The lowest BCUT2D eigenvalue weighted by molar-refractivity contribution is 0.481. The van der Waals surface area contributed by atoms with Gasteiger partial charge in [-0.3, -0.25) is 0 Å². The number of phenolic OH excluding ortho intramolecular Hbond substituents is 1. The van der Waals surface area contributed by atoms with E-state index >= 15 is 0 Å². The summed E-state index contributed by atoms with van der Waals surface area (Å²) in [7, 11) is -0.386. The molecular formula is C22H25OP. The highest BCUT2D eigenvalue weighted by molar-refractivity contribution is 7.67. The van der Waals surface area contributed by atoms with Gasteiger partial charge in [-0.25, -0.2) is 0 Å². The highest BCUT2D eigenvalue weighted by Crippen LogP contribution is 2.48. The molecule has 0 spiro atoms. The van der Waals surface area contributed by atoms with Gasteiger partial charge in [0.25, 0.3) is 0 Å². The molecule has 0 amide bonds. The minimum absolute atomic E-state index is 0.386. The lowest BCUT2D eigenvalue weighted by atomic mass is 10.0. The summed E-state index contributed by atoms with van der Waals surface area (Å²) in [5, 5.41) is 14.6. The third kappa shape index (κ3) is 3.19. The molecule has 0 saturated carbocycles. The summed E-state index contributed by atoms with van der Waals surface area (Å²) in [6.45, 7) is 9.03. The van der Waals surface area contributed by atoms with Crippen molar-refractivity contribution in [2.24, 2.45) is 0 Å². The van der Waals surface area contributed by atoms with Crippen molar-refractivity contribution in [1.82, 2.24) is 0 Å². The lowest BCUT2D eigenvalue weighted by Crippen LogP contribution is -2.15. The largest absolute Gasteiger partial charge is 0.507 e. The third-order valence-electron chi connectivity index (χ3n) is 4.47. The molecule has 0 aromatic heterocycles. The molecule has 0 aliphatic heterocycles. The summed E-state index contributed by atoms with van der Waals surface area (Å²) in [4.78, 5) is 0. The van der Waals surface area contributed by atoms with Crippen LogP contribution in [0.25, 0.3) is 21.9 Å². The van der Waals surface area contributed by atoms with Crippen molar-refractivity contribution < 1.29 is 5.11 Å². The summed E-state index contributed by atoms with van der Waals surface area (Å²) in [5.74, 6) is 0.460. The van der Waals surface area contributed by atoms with Crippen LogP contribution in [-0.4, -0.2) is 16.4 Å². The first-order chi connectivity index (χ1) is 11.5. The maximum absolute atomic E-state index is 11.0. The molecule has 0 unspecified atom stereocenters. The Kier molecular flexibility index (Phi) is 4.92. The van der Waals surface area contributed by atoms with Crippen LogP contribution in [0.3, 0.4) is 0 Å². The molecule has 2 heteroatoms. The minimum atomic E-state index is -0.386. The topological polar surface area (TPSA) is 20.2 Å². The fourth-order valence-electron chi connectivity index (χ4n) is 3.48. The van der Waals surface area contributed by atoms with Crippen LogP contribution in [0.4, 0.5) is 0 Å². The monoisotopic (exact) mass is 336 g/mol. The molecule has 0 fully saturated rings. The summed E-state index contributed by atoms with van der Waals surface area (Å²) in [6.07, 6.45) is 0. The second kappa shape index (κ2) is 6.95. The third-order valence-corrected chi connectivity index (χ3v) is 7.61. The Labute approximate surface area is 146 Å². The maximum atomic E-state index is 11.0. The Morgan fingerprint density at radius 2 is 1.42 bits per heavy atom. The van der Waals surface area contributed by atoms with E-state index in [1.54, 1.807) is 0 Å². The van der Waals surface area contributed by atoms with Gasteiger partial charge in [0.05, 0.1) is 0 Å². The van der Waals surface area contributed by atoms with Crippen molar-refractivity contribution >= 4 is 24.0 Å². The van der Waals surface area contributed by atoms with Gasteiger partial charge in [0.2, 0.25) is 0 Å². The molecule has 0 aliphatic carbocycles. The molecule has 24 heavy (non-hydrogen) atoms. The van der Waals surface area contributed by atoms with E-state index in [0.717, 1.165) is 16.4 Å². The number of rotatable bonds is 4. The molecule has 1 N–H and O–H groups in total. The van der Waals surface area contributed by atoms with E-state index in [4.69, 9.17) is 0 Å². The fraction of sp³-hybridized carbons (Fsp3) is 0.273. The van der Waals surface area contributed by atoms with Crippen LogP contribution in [0, 0.1) is 0 Å². The molecule has 3 aromatic carbocycles. The van der Waals surface area contributed by atoms with E-state index in [-0.39, 0.29) is 7.92 Å². The van der Waals surface area contributed by atoms with Crippen LogP contribution in [0.2, 0.25) is 0 Å². The van der Waals surface area contributed by atoms with Crippen LogP contribution in [0.1, 0.15) is 27.7 Å². The van der Waals surface area contributed by atoms with Crippen LogP contribution < -0.4 is 5.30 Å². The second-order valence-corrected chi connectivity index (χ2v) is 10.2. The van der Waals surface area contributed by atoms with Gasteiger partial charge in [-0.1, -0.05) is 90.2 Å². The molecule has 0 radical (unpaired) electrons. The minimum Gasteiger partial charge on any atom is -0.507 e. The Bertz CT molecular complexity index is 843. The predicted octanol–water partition coefficient (Wildman–Crippen LogP) is 6.14. The zero-order valence-corrected chi connectivity index (χ0v) is 15.7. The Balaban J connectivity index is 2.12. The Morgan fingerprint density at radius 1 is 0.750 bits per heavy atom. The van der Waals surface area contributed by atoms with Crippen molar-refractivity contribution in [2.45, 2.75) is 39.0 Å². The SMILES string of the molecule is CC(C)P(c1cccc(-c2ccc3ccccc3c2)c1O)C(C)C. The number of hydrogen-bond donors (Lipinski definition) is 1. The number of fused-ring (bicyclic) bond motifs is 1. The number of phenols is 1. The molecule has 0 aliphatic rings. The molecular weight excluding hydrogens is 311 g/mol. The van der Waals surface area contributed by atoms with Gasteiger partial charge in [-0.05, 0) is 33.7 Å². The van der Waals surface area contributed by atoms with Gasteiger partial charge in [0.1, 0.15) is 5.75 Å². The van der Waals surface area contributed by atoms with Gasteiger partial charge < -0.3 is 5.11 Å². The molecule has 0 atom stereocenters. The van der Waals surface area contributed by atoms with Crippen molar-refractivity contribution in [3.05, 3.63) is 60.7 Å². The predicted molar refractivity (Wildman–Crippen MR) is 108 cm³/mol. The van der Waals surface area contributed by atoms with E-state index in [9.17, 15) is 5.11 Å². The van der Waals surface area contributed by atoms with Crippen molar-refractivity contribution in [1.29, 1.82) is 0 Å². The zero-order chi connectivity index (χ0) is 17.3. The number of benzene rings is 3. The average Bonchev–Trinajstić information content (AvgIpc) is 2.55. The van der Waals surface area contributed by atoms with Crippen LogP contribution in [0.15, 0.2) is 60.7 Å². The smallest absolute Gasteiger partial charge is 0.131 e. The molecule has 0 heterocycles. The van der Waals surface area contributed by atoms with Crippen molar-refractivity contribution in [2.75, 3.05) is 0 Å². The normalized spacial score (nSPS) is 11.8. The fourth-order valence-corrected chi connectivity index (χ4v) is 6.41. The van der Waals surface area contributed by atoms with Gasteiger partial charge >= 0.3 is 0 Å². The molecule has 3 rings (SSSR count). The second-order valence-electron chi connectivity index (χ2n) is 6.83. The van der Waals surface area contributed by atoms with Gasteiger partial charge in [-0.15, -0.1) is 0 Å². The molecule has 0 saturated heterocycles. The number of para-hydroxylation sites is 1. The number of aromatic hydroxyl groups is 1. The van der Waals surface area contributed by atoms with Crippen LogP contribution >= 0.6 is 7.92 Å². The van der Waals surface area contributed by atoms with Crippen molar-refractivity contribution in [3.63, 3.8) is 0 Å². The summed E-state index contributed by atoms with van der Waals surface area (Å²) in [5.41, 5.74) is 3.12. The standard InChI is InChI=1S/C22H25OP/c1-15(2)24(16(3)4)21-11-7-10-20(22(21)23)19-13-12-17-8-5-6-9-18(17)14-19/h5-16,23H,1-4H3. The molecule has 3 aromatic rings.